The maximum Gasteiger partial charge on any atom is 0.223 e. The highest BCUT2D eigenvalue weighted by atomic mass is 16.5. The first-order valence-corrected chi connectivity index (χ1v) is 10.9. The fraction of sp³-hybridized carbons (Fsp3) is 0.385. The summed E-state index contributed by atoms with van der Waals surface area (Å²) in [5.74, 6) is 0.894. The molecule has 2 aromatic carbocycles. The number of aromatic hydroxyl groups is 1. The molecule has 0 aliphatic heterocycles. The molecule has 1 amide bonds. The summed E-state index contributed by atoms with van der Waals surface area (Å²) in [6.07, 6.45) is 4.27. The summed E-state index contributed by atoms with van der Waals surface area (Å²) >= 11 is 0. The van der Waals surface area contributed by atoms with E-state index in [0.717, 1.165) is 35.9 Å². The molecule has 1 N–H and O–H groups in total. The Morgan fingerprint density at radius 1 is 1.19 bits per heavy atom. The van der Waals surface area contributed by atoms with E-state index in [2.05, 4.69) is 24.9 Å². The van der Waals surface area contributed by atoms with Crippen LogP contribution in [0.25, 0.3) is 10.9 Å². The van der Waals surface area contributed by atoms with Crippen LogP contribution in [-0.4, -0.2) is 41.6 Å². The number of hydrogen-bond donors (Lipinski definition) is 1. The van der Waals surface area contributed by atoms with Crippen molar-refractivity contribution in [3.8, 4) is 11.5 Å². The number of fused-ring (bicyclic) bond motifs is 1. The van der Waals surface area contributed by atoms with Crippen LogP contribution in [-0.2, 0) is 4.79 Å². The fourth-order valence-electron chi connectivity index (χ4n) is 4.11. The summed E-state index contributed by atoms with van der Waals surface area (Å²) in [6.45, 7) is 5.06. The van der Waals surface area contributed by atoms with Crippen LogP contribution in [0.1, 0.15) is 50.2 Å². The van der Waals surface area contributed by atoms with Crippen molar-refractivity contribution in [2.75, 3.05) is 20.7 Å². The van der Waals surface area contributed by atoms with Gasteiger partial charge in [0, 0.05) is 49.1 Å². The van der Waals surface area contributed by atoms with Crippen LogP contribution in [0.4, 0.5) is 0 Å². The molecule has 164 valence electrons. The number of carbonyl (C=O) groups is 1. The Kier molecular flexibility index (Phi) is 7.50. The number of para-hydroxylation sites is 1. The van der Waals surface area contributed by atoms with Gasteiger partial charge in [-0.15, -0.1) is 0 Å². The van der Waals surface area contributed by atoms with E-state index in [-0.39, 0.29) is 24.0 Å². The van der Waals surface area contributed by atoms with Gasteiger partial charge in [-0.05, 0) is 36.1 Å². The number of phenols is 1. The van der Waals surface area contributed by atoms with Gasteiger partial charge >= 0.3 is 0 Å². The lowest BCUT2D eigenvalue weighted by Crippen LogP contribution is -2.32. The van der Waals surface area contributed by atoms with Crippen LogP contribution in [0.5, 0.6) is 11.5 Å². The van der Waals surface area contributed by atoms with Crippen molar-refractivity contribution >= 4 is 16.8 Å². The maximum absolute atomic E-state index is 13.1. The molecule has 0 saturated carbocycles. The third-order valence-electron chi connectivity index (χ3n) is 5.80. The second-order valence-corrected chi connectivity index (χ2v) is 8.31. The van der Waals surface area contributed by atoms with E-state index in [4.69, 9.17) is 4.74 Å². The number of benzene rings is 2. The maximum atomic E-state index is 13.1. The van der Waals surface area contributed by atoms with Gasteiger partial charge in [0.15, 0.2) is 0 Å². The number of methoxy groups -OCH3 is 1. The first kappa shape index (κ1) is 22.6. The first-order valence-electron chi connectivity index (χ1n) is 10.9. The van der Waals surface area contributed by atoms with Crippen molar-refractivity contribution in [1.82, 2.24) is 9.88 Å². The van der Waals surface area contributed by atoms with E-state index in [9.17, 15) is 9.90 Å². The number of pyridine rings is 1. The van der Waals surface area contributed by atoms with Gasteiger partial charge in [-0.1, -0.05) is 44.5 Å². The van der Waals surface area contributed by atoms with E-state index in [1.807, 2.05) is 54.5 Å². The van der Waals surface area contributed by atoms with Crippen molar-refractivity contribution in [2.45, 2.75) is 39.0 Å². The fourth-order valence-corrected chi connectivity index (χ4v) is 4.11. The molecule has 1 heterocycles. The highest BCUT2D eigenvalue weighted by Gasteiger charge is 2.24. The highest BCUT2D eigenvalue weighted by molar-refractivity contribution is 5.81. The molecule has 0 spiro atoms. The van der Waals surface area contributed by atoms with Gasteiger partial charge < -0.3 is 14.7 Å². The standard InChI is InChI=1S/C26H32N2O3/c1-5-8-18(2)17-28(3)26(30)15-23(22-12-11-21(31-4)14-25(22)29)20-13-19-9-6-7-10-24(19)27-16-20/h6-7,9-14,16,18,23,29H,5,8,15,17H2,1-4H3/t18-,23?/m0/s1. The quantitative estimate of drug-likeness (QED) is 0.506. The molecule has 5 nitrogen and oxygen atoms in total. The van der Waals surface area contributed by atoms with Gasteiger partial charge in [0.2, 0.25) is 5.91 Å². The Bertz CT molecular complexity index is 1030. The molecule has 0 aliphatic carbocycles. The Morgan fingerprint density at radius 3 is 2.68 bits per heavy atom. The number of nitrogens with zero attached hydrogens (tertiary/aromatic N) is 2. The summed E-state index contributed by atoms with van der Waals surface area (Å²) in [7, 11) is 3.42. The van der Waals surface area contributed by atoms with Crippen molar-refractivity contribution in [3.05, 3.63) is 65.9 Å². The number of aromatic nitrogens is 1. The average Bonchev–Trinajstić information content (AvgIpc) is 2.77. The summed E-state index contributed by atoms with van der Waals surface area (Å²) in [5.41, 5.74) is 2.50. The molecule has 2 atom stereocenters. The molecule has 0 saturated heterocycles. The Balaban J connectivity index is 1.95. The van der Waals surface area contributed by atoms with E-state index < -0.39 is 0 Å². The molecule has 3 rings (SSSR count). The third-order valence-corrected chi connectivity index (χ3v) is 5.80. The predicted octanol–water partition coefficient (Wildman–Crippen LogP) is 5.37. The van der Waals surface area contributed by atoms with Crippen LogP contribution in [0, 0.1) is 5.92 Å². The van der Waals surface area contributed by atoms with E-state index >= 15 is 0 Å². The SMILES string of the molecule is CCC[C@H](C)CN(C)C(=O)CC(c1cnc2ccccc2c1)c1ccc(OC)cc1O. The van der Waals surface area contributed by atoms with Crippen LogP contribution in [0.2, 0.25) is 0 Å². The second-order valence-electron chi connectivity index (χ2n) is 8.31. The molecule has 3 aromatic rings. The lowest BCUT2D eigenvalue weighted by Gasteiger charge is -2.25. The predicted molar refractivity (Wildman–Crippen MR) is 125 cm³/mol. The summed E-state index contributed by atoms with van der Waals surface area (Å²) < 4.78 is 5.23. The Labute approximate surface area is 184 Å². The molecule has 0 radical (unpaired) electrons. The summed E-state index contributed by atoms with van der Waals surface area (Å²) in [4.78, 5) is 19.5. The van der Waals surface area contributed by atoms with Crippen molar-refractivity contribution < 1.29 is 14.6 Å². The largest absolute Gasteiger partial charge is 0.508 e. The monoisotopic (exact) mass is 420 g/mol. The molecule has 0 fully saturated rings. The molecule has 1 aromatic heterocycles. The number of carbonyl (C=O) groups excluding carboxylic acids is 1. The van der Waals surface area contributed by atoms with Crippen LogP contribution in [0.15, 0.2) is 54.7 Å². The number of rotatable bonds is 9. The molecule has 5 heteroatoms. The van der Waals surface area contributed by atoms with Gasteiger partial charge in [-0.25, -0.2) is 0 Å². The molecule has 31 heavy (non-hydrogen) atoms. The first-order chi connectivity index (χ1) is 14.9. The van der Waals surface area contributed by atoms with Gasteiger partial charge in [0.05, 0.1) is 12.6 Å². The van der Waals surface area contributed by atoms with Crippen LogP contribution in [0.3, 0.4) is 0 Å². The molecular formula is C26H32N2O3. The third kappa shape index (κ3) is 5.54. The molecule has 1 unspecified atom stereocenters. The van der Waals surface area contributed by atoms with Crippen LogP contribution >= 0.6 is 0 Å². The molecule has 0 aliphatic rings. The average molecular weight is 421 g/mol. The second kappa shape index (κ2) is 10.3. The normalized spacial score (nSPS) is 13.0. The Morgan fingerprint density at radius 2 is 1.97 bits per heavy atom. The summed E-state index contributed by atoms with van der Waals surface area (Å²) in [5, 5.41) is 11.7. The zero-order chi connectivity index (χ0) is 22.4. The zero-order valence-electron chi connectivity index (χ0n) is 18.8. The highest BCUT2D eigenvalue weighted by Crippen LogP contribution is 2.37. The topological polar surface area (TPSA) is 62.7 Å². The zero-order valence-corrected chi connectivity index (χ0v) is 18.8. The Hall–Kier alpha value is -3.08. The molecule has 0 bridgehead atoms. The summed E-state index contributed by atoms with van der Waals surface area (Å²) in [6, 6.07) is 15.2. The van der Waals surface area contributed by atoms with Gasteiger partial charge in [-0.2, -0.15) is 0 Å². The smallest absolute Gasteiger partial charge is 0.223 e. The van der Waals surface area contributed by atoms with Gasteiger partial charge in [0.25, 0.3) is 0 Å². The number of amides is 1. The van der Waals surface area contributed by atoms with E-state index in [0.29, 0.717) is 17.2 Å². The lowest BCUT2D eigenvalue weighted by molar-refractivity contribution is -0.130. The van der Waals surface area contributed by atoms with E-state index in [1.165, 1.54) is 0 Å². The number of ether oxygens (including phenoxy) is 1. The van der Waals surface area contributed by atoms with Crippen molar-refractivity contribution in [2.24, 2.45) is 5.92 Å². The minimum atomic E-state index is -0.306. The molecular weight excluding hydrogens is 388 g/mol. The van der Waals surface area contributed by atoms with Crippen molar-refractivity contribution in [1.29, 1.82) is 0 Å². The lowest BCUT2D eigenvalue weighted by atomic mass is 9.87. The minimum Gasteiger partial charge on any atom is -0.508 e. The minimum absolute atomic E-state index is 0.0522. The van der Waals surface area contributed by atoms with Gasteiger partial charge in [0.1, 0.15) is 11.5 Å². The number of phenolic OH excluding ortho intramolecular Hbond substituents is 1. The van der Waals surface area contributed by atoms with Gasteiger partial charge in [-0.3, -0.25) is 9.78 Å². The van der Waals surface area contributed by atoms with E-state index in [1.54, 1.807) is 13.2 Å². The van der Waals surface area contributed by atoms with Crippen molar-refractivity contribution in [3.63, 3.8) is 0 Å². The number of hydrogen-bond acceptors (Lipinski definition) is 4. The van der Waals surface area contributed by atoms with Crippen LogP contribution < -0.4 is 4.74 Å².